The van der Waals surface area contributed by atoms with Crippen LogP contribution in [0.15, 0.2) is 18.3 Å². The first-order chi connectivity index (χ1) is 9.26. The van der Waals surface area contributed by atoms with Crippen LogP contribution in [-0.2, 0) is 4.74 Å². The van der Waals surface area contributed by atoms with E-state index in [1.165, 1.54) is 0 Å². The predicted octanol–water partition coefficient (Wildman–Crippen LogP) is 1.73. The highest BCUT2D eigenvalue weighted by Gasteiger charge is 2.26. The van der Waals surface area contributed by atoms with Crippen LogP contribution in [0.2, 0.25) is 0 Å². The third kappa shape index (κ3) is 3.23. The van der Waals surface area contributed by atoms with Crippen LogP contribution in [-0.4, -0.2) is 48.2 Å². The van der Waals surface area contributed by atoms with Crippen LogP contribution < -0.4 is 4.74 Å². The van der Waals surface area contributed by atoms with E-state index >= 15 is 0 Å². The molecule has 1 aliphatic heterocycles. The Hall–Kier alpha value is -1.62. The van der Waals surface area contributed by atoms with Gasteiger partial charge in [-0.2, -0.15) is 0 Å². The monoisotopic (exact) mass is 264 g/mol. The zero-order valence-electron chi connectivity index (χ0n) is 11.5. The summed E-state index contributed by atoms with van der Waals surface area (Å²) in [6, 6.07) is 3.52. The van der Waals surface area contributed by atoms with Crippen LogP contribution >= 0.6 is 0 Å². The van der Waals surface area contributed by atoms with Crippen molar-refractivity contribution >= 4 is 5.91 Å². The van der Waals surface area contributed by atoms with Crippen molar-refractivity contribution in [3.8, 4) is 5.88 Å². The van der Waals surface area contributed by atoms with Gasteiger partial charge < -0.3 is 14.4 Å². The largest absolute Gasteiger partial charge is 0.477 e. The van der Waals surface area contributed by atoms with Crippen LogP contribution in [0.1, 0.15) is 30.6 Å². The number of ether oxygens (including phenoxy) is 2. The number of hydrogen-bond acceptors (Lipinski definition) is 4. The van der Waals surface area contributed by atoms with E-state index in [1.807, 2.05) is 11.8 Å². The maximum atomic E-state index is 12.5. The molecule has 1 aromatic heterocycles. The lowest BCUT2D eigenvalue weighted by Crippen LogP contribution is -2.45. The number of aromatic nitrogens is 1. The van der Waals surface area contributed by atoms with Gasteiger partial charge in [-0.25, -0.2) is 4.98 Å². The van der Waals surface area contributed by atoms with Gasteiger partial charge in [0.2, 0.25) is 5.88 Å². The van der Waals surface area contributed by atoms with Gasteiger partial charge in [0.15, 0.2) is 0 Å². The van der Waals surface area contributed by atoms with E-state index in [-0.39, 0.29) is 12.0 Å². The number of nitrogens with zero attached hydrogens (tertiary/aromatic N) is 2. The average Bonchev–Trinajstić information content (AvgIpc) is 2.47. The molecule has 1 aliphatic rings. The quantitative estimate of drug-likeness (QED) is 0.831. The molecule has 1 aromatic rings. The topological polar surface area (TPSA) is 51.7 Å². The third-order valence-corrected chi connectivity index (χ3v) is 3.16. The van der Waals surface area contributed by atoms with E-state index in [0.29, 0.717) is 37.7 Å². The first-order valence-electron chi connectivity index (χ1n) is 6.75. The molecule has 1 atom stereocenters. The summed E-state index contributed by atoms with van der Waals surface area (Å²) in [7, 11) is 0. The zero-order chi connectivity index (χ0) is 13.7. The SMILES string of the molecule is CCOc1ncccc1C(=O)N1CCO[C@H](CC)C1. The molecular weight excluding hydrogens is 244 g/mol. The lowest BCUT2D eigenvalue weighted by atomic mass is 10.2. The molecule has 1 fully saturated rings. The van der Waals surface area contributed by atoms with Crippen LogP contribution in [0.5, 0.6) is 5.88 Å². The molecule has 5 heteroatoms. The van der Waals surface area contributed by atoms with Crippen LogP contribution in [0.25, 0.3) is 0 Å². The zero-order valence-corrected chi connectivity index (χ0v) is 11.5. The van der Waals surface area contributed by atoms with Crippen molar-refractivity contribution in [1.82, 2.24) is 9.88 Å². The smallest absolute Gasteiger partial charge is 0.259 e. The van der Waals surface area contributed by atoms with Gasteiger partial charge in [-0.05, 0) is 25.5 Å². The van der Waals surface area contributed by atoms with Gasteiger partial charge in [0.05, 0.1) is 19.3 Å². The van der Waals surface area contributed by atoms with Gasteiger partial charge in [-0.3, -0.25) is 4.79 Å². The number of amides is 1. The average molecular weight is 264 g/mol. The van der Waals surface area contributed by atoms with E-state index in [2.05, 4.69) is 11.9 Å². The summed E-state index contributed by atoms with van der Waals surface area (Å²) in [4.78, 5) is 18.4. The Morgan fingerprint density at radius 3 is 3.16 bits per heavy atom. The summed E-state index contributed by atoms with van der Waals surface area (Å²) in [5.41, 5.74) is 0.529. The second-order valence-electron chi connectivity index (χ2n) is 4.44. The Balaban J connectivity index is 2.14. The first-order valence-corrected chi connectivity index (χ1v) is 6.75. The fourth-order valence-electron chi connectivity index (χ4n) is 2.13. The number of rotatable bonds is 4. The summed E-state index contributed by atoms with van der Waals surface area (Å²) in [6.45, 7) is 6.29. The fraction of sp³-hybridized carbons (Fsp3) is 0.571. The van der Waals surface area contributed by atoms with E-state index in [1.54, 1.807) is 18.3 Å². The molecule has 5 nitrogen and oxygen atoms in total. The minimum atomic E-state index is -0.0294. The van der Waals surface area contributed by atoms with E-state index in [9.17, 15) is 4.79 Å². The van der Waals surface area contributed by atoms with Crippen molar-refractivity contribution < 1.29 is 14.3 Å². The summed E-state index contributed by atoms with van der Waals surface area (Å²) < 4.78 is 11.0. The van der Waals surface area contributed by atoms with Gasteiger partial charge in [-0.15, -0.1) is 0 Å². The number of pyridine rings is 1. The Morgan fingerprint density at radius 2 is 2.42 bits per heavy atom. The maximum absolute atomic E-state index is 12.5. The van der Waals surface area contributed by atoms with Crippen molar-refractivity contribution in [3.63, 3.8) is 0 Å². The van der Waals surface area contributed by atoms with Gasteiger partial charge in [0.1, 0.15) is 5.56 Å². The summed E-state index contributed by atoms with van der Waals surface area (Å²) in [6.07, 6.45) is 2.68. The molecule has 0 aromatic carbocycles. The third-order valence-electron chi connectivity index (χ3n) is 3.16. The molecule has 0 saturated carbocycles. The summed E-state index contributed by atoms with van der Waals surface area (Å²) in [5.74, 6) is 0.382. The summed E-state index contributed by atoms with van der Waals surface area (Å²) in [5, 5.41) is 0. The molecule has 1 saturated heterocycles. The Kier molecular flexibility index (Phi) is 4.74. The molecule has 0 spiro atoms. The van der Waals surface area contributed by atoms with Gasteiger partial charge in [-0.1, -0.05) is 6.92 Å². The minimum absolute atomic E-state index is 0.0294. The van der Waals surface area contributed by atoms with E-state index in [0.717, 1.165) is 6.42 Å². The Bertz CT molecular complexity index is 436. The highest BCUT2D eigenvalue weighted by Crippen LogP contribution is 2.19. The predicted molar refractivity (Wildman–Crippen MR) is 71.3 cm³/mol. The van der Waals surface area contributed by atoms with Crippen molar-refractivity contribution in [3.05, 3.63) is 23.9 Å². The Labute approximate surface area is 113 Å². The highest BCUT2D eigenvalue weighted by molar-refractivity contribution is 5.96. The lowest BCUT2D eigenvalue weighted by molar-refractivity contribution is -0.0227. The molecule has 19 heavy (non-hydrogen) atoms. The van der Waals surface area contributed by atoms with E-state index in [4.69, 9.17) is 9.47 Å². The van der Waals surface area contributed by atoms with Crippen LogP contribution in [0.4, 0.5) is 0 Å². The molecule has 0 radical (unpaired) electrons. The molecule has 2 rings (SSSR count). The standard InChI is InChI=1S/C14H20N2O3/c1-3-11-10-16(8-9-19-11)14(17)12-6-5-7-15-13(12)18-4-2/h5-7,11H,3-4,8-10H2,1-2H3/t11-/m1/s1. The highest BCUT2D eigenvalue weighted by atomic mass is 16.5. The molecule has 0 bridgehead atoms. The van der Waals surface area contributed by atoms with Gasteiger partial charge in [0, 0.05) is 19.3 Å². The molecule has 0 aliphatic carbocycles. The van der Waals surface area contributed by atoms with Crippen LogP contribution in [0, 0.1) is 0 Å². The van der Waals surface area contributed by atoms with Crippen molar-refractivity contribution in [2.45, 2.75) is 26.4 Å². The van der Waals surface area contributed by atoms with Crippen molar-refractivity contribution in [1.29, 1.82) is 0 Å². The van der Waals surface area contributed by atoms with Crippen molar-refractivity contribution in [2.24, 2.45) is 0 Å². The molecule has 1 amide bonds. The molecule has 2 heterocycles. The minimum Gasteiger partial charge on any atom is -0.477 e. The lowest BCUT2D eigenvalue weighted by Gasteiger charge is -2.32. The molecule has 0 N–H and O–H groups in total. The second kappa shape index (κ2) is 6.52. The molecule has 0 unspecified atom stereocenters. The summed E-state index contributed by atoms with van der Waals surface area (Å²) >= 11 is 0. The normalized spacial score (nSPS) is 19.3. The van der Waals surface area contributed by atoms with Gasteiger partial charge in [0.25, 0.3) is 5.91 Å². The number of hydrogen-bond donors (Lipinski definition) is 0. The maximum Gasteiger partial charge on any atom is 0.259 e. The number of carbonyl (C=O) groups is 1. The second-order valence-corrected chi connectivity index (χ2v) is 4.44. The first kappa shape index (κ1) is 13.8. The number of morpholine rings is 1. The van der Waals surface area contributed by atoms with Gasteiger partial charge >= 0.3 is 0 Å². The fourth-order valence-corrected chi connectivity index (χ4v) is 2.13. The van der Waals surface area contributed by atoms with Crippen LogP contribution in [0.3, 0.4) is 0 Å². The molecule has 104 valence electrons. The van der Waals surface area contributed by atoms with Crippen molar-refractivity contribution in [2.75, 3.05) is 26.3 Å². The number of carbonyl (C=O) groups excluding carboxylic acids is 1. The molecular formula is C14H20N2O3. The van der Waals surface area contributed by atoms with E-state index < -0.39 is 0 Å². The Morgan fingerprint density at radius 1 is 1.58 bits per heavy atom.